The van der Waals surface area contributed by atoms with Gasteiger partial charge in [-0.1, -0.05) is 36.4 Å². The predicted octanol–water partition coefficient (Wildman–Crippen LogP) is 13.0. The van der Waals surface area contributed by atoms with E-state index in [1.54, 1.807) is 45.1 Å². The first kappa shape index (κ1) is 49.4. The van der Waals surface area contributed by atoms with Crippen molar-refractivity contribution in [1.29, 1.82) is 0 Å². The molecule has 0 unspecified atom stereocenters. The molecule has 5 heterocycles. The number of fused-ring (bicyclic) bond motifs is 8. The van der Waals surface area contributed by atoms with Gasteiger partial charge in [0.1, 0.15) is 0 Å². The maximum Gasteiger partial charge on any atom is 2.00 e. The Morgan fingerprint density at radius 2 is 1.08 bits per heavy atom. The molecule has 0 radical (unpaired) electrons. The topological polar surface area (TPSA) is 147 Å². The van der Waals surface area contributed by atoms with Crippen LogP contribution in [0.25, 0.3) is 66.0 Å². The zero-order valence-corrected chi connectivity index (χ0v) is 39.5. The second-order valence-electron chi connectivity index (χ2n) is 12.8. The first-order valence-electron chi connectivity index (χ1n) is 17.9. The van der Waals surface area contributed by atoms with Crippen LogP contribution in [-0.2, 0) is 32.1 Å². The molecule has 5 aromatic heterocycles. The van der Waals surface area contributed by atoms with E-state index in [4.69, 9.17) is 25.2 Å². The Morgan fingerprint density at radius 3 is 1.48 bits per heavy atom. The van der Waals surface area contributed by atoms with Crippen LogP contribution in [0, 0.1) is 0 Å². The van der Waals surface area contributed by atoms with Crippen molar-refractivity contribution in [1.82, 2.24) is 29.9 Å². The molecule has 0 fully saturated rings. The molecule has 9 rings (SSSR count). The summed E-state index contributed by atoms with van der Waals surface area (Å²) in [6.45, 7) is 0. The van der Waals surface area contributed by atoms with Gasteiger partial charge in [-0.2, -0.15) is 10.2 Å². The molecule has 64 heavy (non-hydrogen) atoms. The van der Waals surface area contributed by atoms with E-state index in [-0.39, 0.29) is 24.6 Å². The van der Waals surface area contributed by atoms with Gasteiger partial charge < -0.3 is 27.8 Å². The molecule has 9 aromatic rings. The molecule has 0 atom stereocenters. The van der Waals surface area contributed by atoms with Crippen molar-refractivity contribution in [2.24, 2.45) is 15.9 Å². The van der Waals surface area contributed by atoms with Crippen molar-refractivity contribution in [3.05, 3.63) is 142 Å². The number of nitrogens with two attached hydrogens (primary N) is 1. The number of nitrogens with zero attached hydrogens (tertiary/aromatic N) is 8. The molecule has 4 aromatic carbocycles. The number of ether oxygens (including phenoxy) is 2. The summed E-state index contributed by atoms with van der Waals surface area (Å²) >= 11 is 11.4. The molecular formula is C42H30Br2F6N9O2PRuS. The number of amidine groups is 1. The number of hydrogen-bond acceptors (Lipinski definition) is 11. The smallest absolute Gasteiger partial charge is 0.255 e. The average Bonchev–Trinajstić information content (AvgIpc) is 3.26. The quantitative estimate of drug-likeness (QED) is 0.0203. The van der Waals surface area contributed by atoms with Gasteiger partial charge in [-0.25, -0.2) is 9.97 Å². The van der Waals surface area contributed by atoms with Crippen LogP contribution >= 0.6 is 39.7 Å². The maximum absolute atomic E-state index is 10.7. The Labute approximate surface area is 395 Å². The summed E-state index contributed by atoms with van der Waals surface area (Å²) < 4.78 is 71.1. The van der Waals surface area contributed by atoms with Crippen LogP contribution in [0.5, 0.6) is 11.5 Å². The van der Waals surface area contributed by atoms with E-state index in [1.165, 1.54) is 17.0 Å². The molecular weight excluding hydrogens is 1100 g/mol. The number of benzene rings is 4. The van der Waals surface area contributed by atoms with Gasteiger partial charge in [-0.05, 0) is 115 Å². The molecule has 0 saturated heterocycles. The summed E-state index contributed by atoms with van der Waals surface area (Å²) in [5.74, 6) is 1.16. The largest absolute Gasteiger partial charge is 2.00 e. The number of aromatic nitrogens is 6. The number of pyridine rings is 4. The van der Waals surface area contributed by atoms with E-state index in [9.17, 15) is 25.2 Å². The van der Waals surface area contributed by atoms with E-state index < -0.39 is 7.81 Å². The number of hydrogen-bond donors (Lipinski definition) is 1. The normalized spacial score (nSPS) is 12.5. The van der Waals surface area contributed by atoms with Gasteiger partial charge in [0.2, 0.25) is 0 Å². The number of methoxy groups -OCH3 is 2. The average molecular weight is 1130 g/mol. The van der Waals surface area contributed by atoms with Gasteiger partial charge in [-0.3, -0.25) is 19.9 Å². The Hall–Kier alpha value is -5.59. The number of rotatable bonds is 5. The SMILES string of the molecule is COc1cc(/C=N\N=C(\N)[S-])c(Br)c(Br)c1OC.F[P-](F)(F)(F)(F)F.[Ru+2].c1ccc(-c2ccccn2)nc1.c1ccc2cc3nc4c5cccnc5c5ncccc5c4nc3cc2c1. The third-order valence-corrected chi connectivity index (χ3v) is 10.6. The molecule has 0 bridgehead atoms. The molecule has 2 N–H and O–H groups in total. The van der Waals surface area contributed by atoms with Crippen LogP contribution in [0.4, 0.5) is 25.2 Å². The Kier molecular flexibility index (Phi) is 15.5. The first-order valence-corrected chi connectivity index (χ1v) is 22.0. The van der Waals surface area contributed by atoms with Gasteiger partial charge in [0.25, 0.3) is 0 Å². The zero-order valence-electron chi connectivity index (χ0n) is 32.9. The molecule has 330 valence electrons. The Balaban J connectivity index is 0.000000177. The summed E-state index contributed by atoms with van der Waals surface area (Å²) in [5.41, 5.74) is 13.1. The van der Waals surface area contributed by atoms with Gasteiger partial charge >= 0.3 is 52.5 Å². The van der Waals surface area contributed by atoms with E-state index in [0.29, 0.717) is 11.5 Å². The first-order chi connectivity index (χ1) is 29.8. The van der Waals surface area contributed by atoms with Crippen molar-refractivity contribution in [3.63, 3.8) is 0 Å². The molecule has 0 aliphatic heterocycles. The van der Waals surface area contributed by atoms with Crippen molar-refractivity contribution in [2.45, 2.75) is 0 Å². The molecule has 0 amide bonds. The molecule has 0 aliphatic rings. The Bertz CT molecular complexity index is 3000. The molecule has 22 heteroatoms. The van der Waals surface area contributed by atoms with Gasteiger partial charge in [-0.15, -0.1) is 0 Å². The fourth-order valence-corrected chi connectivity index (χ4v) is 6.94. The summed E-state index contributed by atoms with van der Waals surface area (Å²) in [7, 11) is -7.54. The van der Waals surface area contributed by atoms with Crippen LogP contribution < -0.4 is 15.2 Å². The molecule has 0 aliphatic carbocycles. The zero-order chi connectivity index (χ0) is 45.4. The second kappa shape index (κ2) is 20.1. The fraction of sp³-hybridized carbons (Fsp3) is 0.0476. The van der Waals surface area contributed by atoms with Crippen molar-refractivity contribution in [2.75, 3.05) is 14.2 Å². The van der Waals surface area contributed by atoms with E-state index in [0.717, 1.165) is 69.8 Å². The second-order valence-corrected chi connectivity index (χ2v) is 16.7. The van der Waals surface area contributed by atoms with Crippen LogP contribution in [0.2, 0.25) is 0 Å². The fourth-order valence-electron chi connectivity index (χ4n) is 5.90. The minimum Gasteiger partial charge on any atom is -0.255 e. The van der Waals surface area contributed by atoms with Crippen molar-refractivity contribution < 1.29 is 54.1 Å². The van der Waals surface area contributed by atoms with Crippen LogP contribution in [0.1, 0.15) is 5.56 Å². The minimum absolute atomic E-state index is 0. The summed E-state index contributed by atoms with van der Waals surface area (Å²) in [6, 6.07) is 33.8. The van der Waals surface area contributed by atoms with E-state index in [1.807, 2.05) is 72.8 Å². The van der Waals surface area contributed by atoms with E-state index in [2.05, 4.69) is 98.9 Å². The predicted molar refractivity (Wildman–Crippen MR) is 248 cm³/mol. The molecule has 11 nitrogen and oxygen atoms in total. The van der Waals surface area contributed by atoms with Crippen molar-refractivity contribution in [3.8, 4) is 22.9 Å². The van der Waals surface area contributed by atoms with Gasteiger partial charge in [0.15, 0.2) is 11.5 Å². The van der Waals surface area contributed by atoms with Crippen LogP contribution in [0.15, 0.2) is 147 Å². The van der Waals surface area contributed by atoms with E-state index >= 15 is 0 Å². The summed E-state index contributed by atoms with van der Waals surface area (Å²) in [6.07, 6.45) is 8.64. The molecule has 0 spiro atoms. The third kappa shape index (κ3) is 13.5. The van der Waals surface area contributed by atoms with Crippen LogP contribution in [0.3, 0.4) is 0 Å². The van der Waals surface area contributed by atoms with Gasteiger partial charge in [0, 0.05) is 45.6 Å². The van der Waals surface area contributed by atoms with Crippen LogP contribution in [-0.4, -0.2) is 55.5 Å². The summed E-state index contributed by atoms with van der Waals surface area (Å²) in [5, 5.41) is 11.6. The Morgan fingerprint density at radius 1 is 0.625 bits per heavy atom. The molecule has 0 saturated carbocycles. The van der Waals surface area contributed by atoms with Crippen molar-refractivity contribution >= 4 is 118 Å². The number of halogens is 8. The monoisotopic (exact) mass is 1130 g/mol. The minimum atomic E-state index is -10.7. The summed E-state index contributed by atoms with van der Waals surface area (Å²) in [4.78, 5) is 27.4. The third-order valence-electron chi connectivity index (χ3n) is 8.41. The standard InChI is InChI=1S/C22H12N4.C10H11Br2N3O2S.C10H8N2.F6P.Ru/c1-2-6-14-12-18-17(11-13(14)5-1)25-21-15-7-3-9-23-19(15)20-16(22(21)26-18)8-4-10-24-20;1-16-6-3-5(4-14-15-10(13)18)7(11)8(12)9(6)17-2;1-3-7-11-9(5-1)10-6-2-4-8-12-10;1-7(2,3,4,5)6;/h1-12H;3-4H,1-2H3,(H3,13,15,18);1-8H;;/q;;;-1;+2/p-1/b;14-4-;;;. The maximum atomic E-state index is 9.87. The van der Waals surface area contributed by atoms with Gasteiger partial charge in [0.05, 0.1) is 69.4 Å².